The molecule has 4 N–H and O–H groups in total. The van der Waals surface area contributed by atoms with Crippen molar-refractivity contribution in [2.75, 3.05) is 6.61 Å². The lowest BCUT2D eigenvalue weighted by Crippen LogP contribution is -2.58. The first-order valence-corrected chi connectivity index (χ1v) is 5.50. The van der Waals surface area contributed by atoms with Crippen molar-refractivity contribution in [2.45, 2.75) is 50.5 Å². The van der Waals surface area contributed by atoms with Gasteiger partial charge in [0.15, 0.2) is 6.29 Å². The number of esters is 1. The van der Waals surface area contributed by atoms with E-state index >= 15 is 0 Å². The Hall–Kier alpha value is -0.730. The fraction of sp³-hybridized carbons (Fsp3) is 0.900. The van der Waals surface area contributed by atoms with Crippen LogP contribution in [0.2, 0.25) is 0 Å². The molecule has 1 rings (SSSR count). The van der Waals surface area contributed by atoms with Gasteiger partial charge in [-0.15, -0.1) is 0 Å². The highest BCUT2D eigenvalue weighted by atomic mass is 16.6. The highest BCUT2D eigenvalue weighted by molar-refractivity contribution is 5.69. The third-order valence-electron chi connectivity index (χ3n) is 2.55. The number of aliphatic hydroxyl groups excluding tert-OH is 4. The molecular formula is C10H18O7. The molecule has 7 nitrogen and oxygen atoms in total. The smallest absolute Gasteiger partial charge is 0.305 e. The zero-order chi connectivity index (χ0) is 13.0. The molecule has 5 atom stereocenters. The Labute approximate surface area is 98.6 Å². The summed E-state index contributed by atoms with van der Waals surface area (Å²) in [6, 6.07) is 0. The number of rotatable bonds is 4. The van der Waals surface area contributed by atoms with E-state index in [1.54, 1.807) is 0 Å². The molecule has 0 aromatic carbocycles. The van der Waals surface area contributed by atoms with Gasteiger partial charge in [-0.2, -0.15) is 0 Å². The lowest BCUT2D eigenvalue weighted by Gasteiger charge is -2.37. The number of carbonyl (C=O) groups is 1. The molecule has 1 aliphatic rings. The maximum Gasteiger partial charge on any atom is 0.305 e. The molecule has 0 amide bonds. The van der Waals surface area contributed by atoms with Crippen molar-refractivity contribution < 1.29 is 34.7 Å². The Morgan fingerprint density at radius 1 is 1.18 bits per heavy atom. The number of aliphatic hydroxyl groups is 4. The molecule has 100 valence electrons. The van der Waals surface area contributed by atoms with Gasteiger partial charge in [-0.1, -0.05) is 6.92 Å². The average Bonchev–Trinajstić information content (AvgIpc) is 2.30. The quantitative estimate of drug-likeness (QED) is 0.432. The van der Waals surface area contributed by atoms with Crippen LogP contribution in [0, 0.1) is 0 Å². The lowest BCUT2D eigenvalue weighted by molar-refractivity contribution is -0.287. The molecule has 0 aromatic heterocycles. The van der Waals surface area contributed by atoms with Crippen LogP contribution < -0.4 is 0 Å². The first-order chi connectivity index (χ1) is 7.97. The number of carbonyl (C=O) groups excluding carboxylic acids is 1. The summed E-state index contributed by atoms with van der Waals surface area (Å²) < 4.78 is 9.62. The monoisotopic (exact) mass is 250 g/mol. The Bertz CT molecular complexity index is 257. The van der Waals surface area contributed by atoms with Crippen LogP contribution in [0.25, 0.3) is 0 Å². The van der Waals surface area contributed by atoms with Gasteiger partial charge in [0.25, 0.3) is 0 Å². The summed E-state index contributed by atoms with van der Waals surface area (Å²) in [5, 5.41) is 37.3. The molecule has 1 heterocycles. The van der Waals surface area contributed by atoms with Crippen molar-refractivity contribution in [1.82, 2.24) is 0 Å². The maximum atomic E-state index is 11.1. The van der Waals surface area contributed by atoms with E-state index in [0.29, 0.717) is 6.42 Å². The van der Waals surface area contributed by atoms with Gasteiger partial charge in [-0.05, 0) is 6.42 Å². The van der Waals surface area contributed by atoms with E-state index in [2.05, 4.69) is 0 Å². The molecule has 1 unspecified atom stereocenters. The third-order valence-corrected chi connectivity index (χ3v) is 2.55. The molecule has 17 heavy (non-hydrogen) atoms. The van der Waals surface area contributed by atoms with E-state index in [0.717, 1.165) is 0 Å². The van der Waals surface area contributed by atoms with Crippen LogP contribution in [-0.4, -0.2) is 63.7 Å². The second-order valence-electron chi connectivity index (χ2n) is 3.97. The van der Waals surface area contributed by atoms with Crippen LogP contribution >= 0.6 is 0 Å². The summed E-state index contributed by atoms with van der Waals surface area (Å²) >= 11 is 0. The van der Waals surface area contributed by atoms with Crippen LogP contribution in [0.3, 0.4) is 0 Å². The Morgan fingerprint density at radius 3 is 2.41 bits per heavy atom. The minimum Gasteiger partial charge on any atom is -0.463 e. The number of hydrogen-bond donors (Lipinski definition) is 4. The fourth-order valence-electron chi connectivity index (χ4n) is 1.52. The summed E-state index contributed by atoms with van der Waals surface area (Å²) in [5.41, 5.74) is 0. The molecule has 1 saturated heterocycles. The van der Waals surface area contributed by atoms with Crippen molar-refractivity contribution in [2.24, 2.45) is 0 Å². The summed E-state index contributed by atoms with van der Waals surface area (Å²) in [6.07, 6.45) is -6.30. The normalized spacial score (nSPS) is 37.8. The van der Waals surface area contributed by atoms with E-state index in [1.807, 2.05) is 6.92 Å². The van der Waals surface area contributed by atoms with Crippen LogP contribution in [-0.2, 0) is 14.3 Å². The van der Waals surface area contributed by atoms with Crippen LogP contribution in [0.4, 0.5) is 0 Å². The average molecular weight is 250 g/mol. The van der Waals surface area contributed by atoms with E-state index in [-0.39, 0.29) is 13.0 Å². The Morgan fingerprint density at radius 2 is 1.82 bits per heavy atom. The highest BCUT2D eigenvalue weighted by Gasteiger charge is 2.43. The van der Waals surface area contributed by atoms with E-state index in [9.17, 15) is 25.2 Å². The Balaban J connectivity index is 2.45. The van der Waals surface area contributed by atoms with Gasteiger partial charge in [0.05, 0.1) is 0 Å². The minimum atomic E-state index is -1.61. The molecule has 0 aliphatic carbocycles. The van der Waals surface area contributed by atoms with E-state index < -0.39 is 36.7 Å². The Kier molecular flexibility index (Phi) is 5.29. The lowest BCUT2D eigenvalue weighted by atomic mass is 9.99. The molecule has 0 spiro atoms. The molecule has 7 heteroatoms. The number of ether oxygens (including phenoxy) is 2. The minimum absolute atomic E-state index is 0.247. The molecule has 1 fully saturated rings. The van der Waals surface area contributed by atoms with Gasteiger partial charge in [0.1, 0.15) is 31.0 Å². The zero-order valence-electron chi connectivity index (χ0n) is 9.52. The van der Waals surface area contributed by atoms with Crippen LogP contribution in [0.5, 0.6) is 0 Å². The predicted octanol–water partition coefficient (Wildman–Crippen LogP) is -1.87. The van der Waals surface area contributed by atoms with Crippen molar-refractivity contribution in [3.8, 4) is 0 Å². The topological polar surface area (TPSA) is 116 Å². The summed E-state index contributed by atoms with van der Waals surface area (Å²) in [4.78, 5) is 11.1. The highest BCUT2D eigenvalue weighted by Crippen LogP contribution is 2.20. The first-order valence-electron chi connectivity index (χ1n) is 5.50. The third kappa shape index (κ3) is 3.62. The van der Waals surface area contributed by atoms with Crippen molar-refractivity contribution in [3.63, 3.8) is 0 Å². The van der Waals surface area contributed by atoms with Crippen LogP contribution in [0.1, 0.15) is 19.8 Å². The van der Waals surface area contributed by atoms with Gasteiger partial charge >= 0.3 is 5.97 Å². The van der Waals surface area contributed by atoms with Gasteiger partial charge in [-0.25, -0.2) is 0 Å². The second-order valence-corrected chi connectivity index (χ2v) is 3.97. The molecule has 0 aromatic rings. The SMILES string of the molecule is CCCC(=O)OC[C@H]1OC(O)[C@H](O)[C@@H](O)[C@@H]1O. The fourth-order valence-corrected chi connectivity index (χ4v) is 1.52. The summed E-state index contributed by atoms with van der Waals surface area (Å²) in [5.74, 6) is -0.446. The van der Waals surface area contributed by atoms with Crippen molar-refractivity contribution >= 4 is 5.97 Å². The van der Waals surface area contributed by atoms with Crippen molar-refractivity contribution in [1.29, 1.82) is 0 Å². The molecule has 0 saturated carbocycles. The van der Waals surface area contributed by atoms with Gasteiger partial charge in [0.2, 0.25) is 0 Å². The standard InChI is InChI=1S/C10H18O7/c1-2-3-6(11)16-4-5-7(12)8(13)9(14)10(15)17-5/h5,7-10,12-15H,2-4H2,1H3/t5-,7-,8+,9-,10?/m1/s1. The maximum absolute atomic E-state index is 11.1. The van der Waals surface area contributed by atoms with Gasteiger partial charge in [0, 0.05) is 6.42 Å². The molecule has 1 aliphatic heterocycles. The van der Waals surface area contributed by atoms with E-state index in [4.69, 9.17) is 9.47 Å². The van der Waals surface area contributed by atoms with Crippen molar-refractivity contribution in [3.05, 3.63) is 0 Å². The number of hydrogen-bond acceptors (Lipinski definition) is 7. The molecule has 0 radical (unpaired) electrons. The zero-order valence-corrected chi connectivity index (χ0v) is 9.52. The first kappa shape index (κ1) is 14.3. The van der Waals surface area contributed by atoms with E-state index in [1.165, 1.54) is 0 Å². The predicted molar refractivity (Wildman–Crippen MR) is 54.8 cm³/mol. The second kappa shape index (κ2) is 6.27. The summed E-state index contributed by atoms with van der Waals surface area (Å²) in [6.45, 7) is 1.54. The van der Waals surface area contributed by atoms with Gasteiger partial charge in [-0.3, -0.25) is 4.79 Å². The molecule has 0 bridgehead atoms. The van der Waals surface area contributed by atoms with Gasteiger partial charge < -0.3 is 29.9 Å². The largest absolute Gasteiger partial charge is 0.463 e. The van der Waals surface area contributed by atoms with Crippen LogP contribution in [0.15, 0.2) is 0 Å². The summed E-state index contributed by atoms with van der Waals surface area (Å²) in [7, 11) is 0. The molecular weight excluding hydrogens is 232 g/mol.